The van der Waals surface area contributed by atoms with Gasteiger partial charge in [0.25, 0.3) is 0 Å². The normalized spacial score (nSPS) is 21.6. The molecule has 0 radical (unpaired) electrons. The number of aryl methyl sites for hydroxylation is 2. The third kappa shape index (κ3) is 2.66. The zero-order valence-electron chi connectivity index (χ0n) is 11.4. The highest BCUT2D eigenvalue weighted by Gasteiger charge is 2.33. The molecule has 4 nitrogen and oxygen atoms in total. The third-order valence-electron chi connectivity index (χ3n) is 3.43. The van der Waals surface area contributed by atoms with E-state index in [1.165, 1.54) is 16.4 Å². The zero-order chi connectivity index (χ0) is 14.2. The van der Waals surface area contributed by atoms with Gasteiger partial charge in [-0.2, -0.15) is 4.31 Å². The smallest absolute Gasteiger partial charge is 0.243 e. The molecule has 106 valence electrons. The van der Waals surface area contributed by atoms with Crippen LogP contribution in [0.15, 0.2) is 17.0 Å². The van der Waals surface area contributed by atoms with Crippen LogP contribution in [0, 0.1) is 19.7 Å². The largest absolute Gasteiger partial charge is 0.314 e. The van der Waals surface area contributed by atoms with Crippen LogP contribution in [0.1, 0.15) is 18.1 Å². The molecule has 0 aromatic heterocycles. The minimum atomic E-state index is -3.56. The van der Waals surface area contributed by atoms with E-state index >= 15 is 0 Å². The Morgan fingerprint density at radius 1 is 1.32 bits per heavy atom. The van der Waals surface area contributed by atoms with Crippen LogP contribution in [0.25, 0.3) is 0 Å². The second-order valence-electron chi connectivity index (χ2n) is 5.04. The molecule has 19 heavy (non-hydrogen) atoms. The Hall–Kier alpha value is -0.980. The molecule has 0 spiro atoms. The Labute approximate surface area is 113 Å². The van der Waals surface area contributed by atoms with Crippen molar-refractivity contribution in [1.82, 2.24) is 9.62 Å². The lowest BCUT2D eigenvalue weighted by Gasteiger charge is -2.33. The Kier molecular flexibility index (Phi) is 3.94. The number of piperazine rings is 1. The van der Waals surface area contributed by atoms with Gasteiger partial charge in [-0.15, -0.1) is 0 Å². The van der Waals surface area contributed by atoms with Crippen molar-refractivity contribution < 1.29 is 12.8 Å². The molecular weight excluding hydrogens is 267 g/mol. The summed E-state index contributed by atoms with van der Waals surface area (Å²) in [5.41, 5.74) is 0.923. The lowest BCUT2D eigenvalue weighted by Crippen LogP contribution is -2.52. The summed E-state index contributed by atoms with van der Waals surface area (Å²) >= 11 is 0. The SMILES string of the molecule is Cc1cc(F)cc(C)c1S(=O)(=O)N1CCNC[C@@H]1C. The van der Waals surface area contributed by atoms with Crippen molar-refractivity contribution in [3.8, 4) is 0 Å². The molecule has 0 unspecified atom stereocenters. The summed E-state index contributed by atoms with van der Waals surface area (Å²) in [4.78, 5) is 0.239. The van der Waals surface area contributed by atoms with Gasteiger partial charge in [0.2, 0.25) is 10.0 Å². The van der Waals surface area contributed by atoms with Crippen LogP contribution < -0.4 is 5.32 Å². The predicted molar refractivity (Wildman–Crippen MR) is 72.1 cm³/mol. The van der Waals surface area contributed by atoms with Crippen molar-refractivity contribution in [2.45, 2.75) is 31.7 Å². The highest BCUT2D eigenvalue weighted by atomic mass is 32.2. The van der Waals surface area contributed by atoms with E-state index in [0.717, 1.165) is 0 Å². The number of halogens is 1. The standard InChI is InChI=1S/C13H19FN2O2S/c1-9-6-12(14)7-10(2)13(9)19(17,18)16-5-4-15-8-11(16)3/h6-7,11,15H,4-5,8H2,1-3H3/t11-/m0/s1. The third-order valence-corrected chi connectivity index (χ3v) is 5.75. The van der Waals surface area contributed by atoms with Gasteiger partial charge in [0.1, 0.15) is 5.82 Å². The fourth-order valence-corrected chi connectivity index (χ4v) is 4.65. The fraction of sp³-hybridized carbons (Fsp3) is 0.538. The first-order chi connectivity index (χ1) is 8.84. The van der Waals surface area contributed by atoms with Crippen LogP contribution in [-0.2, 0) is 10.0 Å². The summed E-state index contributed by atoms with van der Waals surface area (Å²) in [5, 5.41) is 3.16. The molecule has 1 aromatic rings. The van der Waals surface area contributed by atoms with E-state index in [-0.39, 0.29) is 10.9 Å². The van der Waals surface area contributed by atoms with Crippen LogP contribution in [0.4, 0.5) is 4.39 Å². The first-order valence-corrected chi connectivity index (χ1v) is 7.77. The molecule has 2 rings (SSSR count). The lowest BCUT2D eigenvalue weighted by atomic mass is 10.1. The number of hydrogen-bond donors (Lipinski definition) is 1. The summed E-state index contributed by atoms with van der Waals surface area (Å²) in [5.74, 6) is -0.401. The minimum absolute atomic E-state index is 0.0948. The van der Waals surface area contributed by atoms with E-state index in [1.807, 2.05) is 6.92 Å². The maximum absolute atomic E-state index is 13.3. The molecule has 0 aliphatic carbocycles. The van der Waals surface area contributed by atoms with Gasteiger partial charge in [-0.1, -0.05) is 0 Å². The van der Waals surface area contributed by atoms with Crippen molar-refractivity contribution in [3.63, 3.8) is 0 Å². The van der Waals surface area contributed by atoms with Gasteiger partial charge >= 0.3 is 0 Å². The summed E-state index contributed by atoms with van der Waals surface area (Å²) in [6, 6.07) is 2.45. The van der Waals surface area contributed by atoms with Crippen LogP contribution in [0.2, 0.25) is 0 Å². The van der Waals surface area contributed by atoms with Crippen molar-refractivity contribution >= 4 is 10.0 Å². The Morgan fingerprint density at radius 3 is 2.42 bits per heavy atom. The van der Waals surface area contributed by atoms with Crippen LogP contribution >= 0.6 is 0 Å². The highest BCUT2D eigenvalue weighted by Crippen LogP contribution is 2.26. The lowest BCUT2D eigenvalue weighted by molar-refractivity contribution is 0.283. The number of nitrogens with zero attached hydrogens (tertiary/aromatic N) is 1. The van der Waals surface area contributed by atoms with Crippen molar-refractivity contribution in [2.75, 3.05) is 19.6 Å². The van der Waals surface area contributed by atoms with Gasteiger partial charge in [-0.3, -0.25) is 0 Å². The molecular formula is C13H19FN2O2S. The first-order valence-electron chi connectivity index (χ1n) is 6.33. The van der Waals surface area contributed by atoms with E-state index in [9.17, 15) is 12.8 Å². The summed E-state index contributed by atoms with van der Waals surface area (Å²) in [7, 11) is -3.56. The average molecular weight is 286 g/mol. The number of benzene rings is 1. The maximum atomic E-state index is 13.3. The Bertz CT molecular complexity index is 563. The van der Waals surface area contributed by atoms with Gasteiger partial charge < -0.3 is 5.32 Å². The molecule has 0 saturated carbocycles. The van der Waals surface area contributed by atoms with Gasteiger partial charge in [-0.05, 0) is 44.0 Å². The second-order valence-corrected chi connectivity index (χ2v) is 6.87. The van der Waals surface area contributed by atoms with Gasteiger partial charge in [0.05, 0.1) is 4.90 Å². The van der Waals surface area contributed by atoms with Crippen LogP contribution in [0.3, 0.4) is 0 Å². The van der Waals surface area contributed by atoms with Crippen molar-refractivity contribution in [1.29, 1.82) is 0 Å². The van der Waals surface area contributed by atoms with E-state index in [2.05, 4.69) is 5.32 Å². The maximum Gasteiger partial charge on any atom is 0.243 e. The number of rotatable bonds is 2. The Morgan fingerprint density at radius 2 is 1.89 bits per heavy atom. The molecule has 6 heteroatoms. The zero-order valence-corrected chi connectivity index (χ0v) is 12.2. The molecule has 1 saturated heterocycles. The van der Waals surface area contributed by atoms with Gasteiger partial charge in [0.15, 0.2) is 0 Å². The monoisotopic (exact) mass is 286 g/mol. The van der Waals surface area contributed by atoms with Crippen molar-refractivity contribution in [2.24, 2.45) is 0 Å². The van der Waals surface area contributed by atoms with E-state index in [1.54, 1.807) is 13.8 Å². The topological polar surface area (TPSA) is 49.4 Å². The Balaban J connectivity index is 2.50. The molecule has 1 aliphatic heterocycles. The van der Waals surface area contributed by atoms with E-state index < -0.39 is 15.8 Å². The number of nitrogens with one attached hydrogen (secondary N) is 1. The molecule has 1 heterocycles. The highest BCUT2D eigenvalue weighted by molar-refractivity contribution is 7.89. The predicted octanol–water partition coefficient (Wildman–Crippen LogP) is 1.42. The van der Waals surface area contributed by atoms with Crippen molar-refractivity contribution in [3.05, 3.63) is 29.1 Å². The molecule has 1 N–H and O–H groups in total. The number of sulfonamides is 1. The molecule has 0 bridgehead atoms. The summed E-state index contributed by atoms with van der Waals surface area (Å²) in [6.07, 6.45) is 0. The average Bonchev–Trinajstić information content (AvgIpc) is 2.27. The fourth-order valence-electron chi connectivity index (χ4n) is 2.60. The molecule has 0 amide bonds. The van der Waals surface area contributed by atoms with E-state index in [0.29, 0.717) is 30.8 Å². The number of hydrogen-bond acceptors (Lipinski definition) is 3. The first kappa shape index (κ1) is 14.4. The second kappa shape index (κ2) is 5.19. The van der Waals surface area contributed by atoms with Gasteiger partial charge in [-0.25, -0.2) is 12.8 Å². The molecule has 1 fully saturated rings. The molecule has 1 aromatic carbocycles. The van der Waals surface area contributed by atoms with Crippen LogP contribution in [-0.4, -0.2) is 38.4 Å². The summed E-state index contributed by atoms with van der Waals surface area (Å²) < 4.78 is 40.2. The molecule has 1 aliphatic rings. The minimum Gasteiger partial charge on any atom is -0.314 e. The molecule has 1 atom stereocenters. The van der Waals surface area contributed by atoms with Gasteiger partial charge in [0, 0.05) is 25.7 Å². The van der Waals surface area contributed by atoms with Crippen LogP contribution in [0.5, 0.6) is 0 Å². The summed E-state index contributed by atoms with van der Waals surface area (Å²) in [6.45, 7) is 6.87. The quantitative estimate of drug-likeness (QED) is 0.894. The van der Waals surface area contributed by atoms with E-state index in [4.69, 9.17) is 0 Å².